The number of hydrogen-bond donors (Lipinski definition) is 2. The van der Waals surface area contributed by atoms with Crippen LogP contribution in [0.1, 0.15) is 32.1 Å². The molecule has 1 aliphatic carbocycles. The van der Waals surface area contributed by atoms with E-state index in [9.17, 15) is 14.9 Å². The number of rotatable bonds is 7. The summed E-state index contributed by atoms with van der Waals surface area (Å²) in [6.07, 6.45) is 6.64. The van der Waals surface area contributed by atoms with Crippen LogP contribution in [-0.4, -0.2) is 28.9 Å². The summed E-state index contributed by atoms with van der Waals surface area (Å²) in [4.78, 5) is 25.6. The zero-order chi connectivity index (χ0) is 15.1. The summed E-state index contributed by atoms with van der Waals surface area (Å²) >= 11 is 0. The molecular formula is C14H20N4O3. The monoisotopic (exact) mass is 292 g/mol. The van der Waals surface area contributed by atoms with E-state index in [1.165, 1.54) is 37.9 Å². The predicted octanol–water partition coefficient (Wildman–Crippen LogP) is 2.10. The number of nitrogens with zero attached hydrogens (tertiary/aromatic N) is 2. The van der Waals surface area contributed by atoms with Crippen LogP contribution < -0.4 is 10.6 Å². The average molecular weight is 292 g/mol. The molecule has 21 heavy (non-hydrogen) atoms. The Morgan fingerprint density at radius 2 is 2.10 bits per heavy atom. The van der Waals surface area contributed by atoms with Crippen LogP contribution in [-0.2, 0) is 4.79 Å². The largest absolute Gasteiger partial charge is 0.368 e. The molecule has 1 aliphatic rings. The molecule has 2 rings (SSSR count). The van der Waals surface area contributed by atoms with Crippen LogP contribution in [0.25, 0.3) is 0 Å². The van der Waals surface area contributed by atoms with Gasteiger partial charge in [-0.05, 0) is 24.8 Å². The van der Waals surface area contributed by atoms with Crippen molar-refractivity contribution in [2.45, 2.75) is 32.1 Å². The Labute approximate surface area is 123 Å². The lowest BCUT2D eigenvalue weighted by Crippen LogP contribution is -2.29. The fraction of sp³-hybridized carbons (Fsp3) is 0.571. The summed E-state index contributed by atoms with van der Waals surface area (Å²) in [6.45, 7) is 1.06. The Kier molecular flexibility index (Phi) is 5.48. The minimum atomic E-state index is -0.486. The Hall–Kier alpha value is -2.18. The third-order valence-electron chi connectivity index (χ3n) is 3.66. The van der Waals surface area contributed by atoms with Gasteiger partial charge >= 0.3 is 0 Å². The van der Waals surface area contributed by atoms with Gasteiger partial charge in [0, 0.05) is 25.6 Å². The Morgan fingerprint density at radius 3 is 2.71 bits per heavy atom. The molecule has 0 aliphatic heterocycles. The number of amides is 1. The second kappa shape index (κ2) is 7.56. The number of hydrogen-bond acceptors (Lipinski definition) is 5. The van der Waals surface area contributed by atoms with Crippen molar-refractivity contribution < 1.29 is 9.72 Å². The first-order valence-electron chi connectivity index (χ1n) is 7.26. The van der Waals surface area contributed by atoms with E-state index >= 15 is 0 Å². The molecule has 1 aromatic heterocycles. The molecule has 2 N–H and O–H groups in total. The van der Waals surface area contributed by atoms with Gasteiger partial charge in [0.1, 0.15) is 12.0 Å². The Morgan fingerprint density at radius 1 is 1.33 bits per heavy atom. The molecule has 1 aromatic rings. The van der Waals surface area contributed by atoms with E-state index in [1.807, 2.05) is 0 Å². The molecule has 0 saturated heterocycles. The molecule has 0 aromatic carbocycles. The summed E-state index contributed by atoms with van der Waals surface area (Å²) in [7, 11) is 0. The molecule has 1 amide bonds. The maximum Gasteiger partial charge on any atom is 0.287 e. The number of carbonyl (C=O) groups excluding carboxylic acids is 1. The standard InChI is InChI=1S/C14H20N4O3/c19-14(9-11-3-1-2-4-11)16-8-7-15-13-6-5-12(10-17-13)18(20)21/h5-6,10-11H,1-4,7-9H2,(H,15,17)(H,16,19). The molecule has 1 fully saturated rings. The number of nitrogens with one attached hydrogen (secondary N) is 2. The molecular weight excluding hydrogens is 272 g/mol. The van der Waals surface area contributed by atoms with Crippen molar-refractivity contribution in [1.82, 2.24) is 10.3 Å². The summed E-state index contributed by atoms with van der Waals surface area (Å²) in [6, 6.07) is 2.95. The van der Waals surface area contributed by atoms with Gasteiger partial charge in [-0.3, -0.25) is 14.9 Å². The first-order valence-corrected chi connectivity index (χ1v) is 7.26. The fourth-order valence-electron chi connectivity index (χ4n) is 2.54. The molecule has 1 heterocycles. The summed E-state index contributed by atoms with van der Waals surface area (Å²) in [5.41, 5.74) is -0.0367. The van der Waals surface area contributed by atoms with Gasteiger partial charge in [0.2, 0.25) is 5.91 Å². The van der Waals surface area contributed by atoms with Crippen molar-refractivity contribution in [3.8, 4) is 0 Å². The van der Waals surface area contributed by atoms with Crippen molar-refractivity contribution >= 4 is 17.4 Å². The van der Waals surface area contributed by atoms with E-state index in [4.69, 9.17) is 0 Å². The molecule has 7 heteroatoms. The summed E-state index contributed by atoms with van der Waals surface area (Å²) in [5, 5.41) is 16.4. The number of anilines is 1. The van der Waals surface area contributed by atoms with Crippen molar-refractivity contribution in [3.05, 3.63) is 28.4 Å². The second-order valence-corrected chi connectivity index (χ2v) is 5.29. The maximum atomic E-state index is 11.7. The lowest BCUT2D eigenvalue weighted by Gasteiger charge is -2.10. The highest BCUT2D eigenvalue weighted by molar-refractivity contribution is 5.76. The van der Waals surface area contributed by atoms with Crippen LogP contribution in [0.2, 0.25) is 0 Å². The van der Waals surface area contributed by atoms with Gasteiger partial charge < -0.3 is 10.6 Å². The van der Waals surface area contributed by atoms with Crippen LogP contribution in [0.5, 0.6) is 0 Å². The highest BCUT2D eigenvalue weighted by Crippen LogP contribution is 2.27. The van der Waals surface area contributed by atoms with Crippen molar-refractivity contribution in [1.29, 1.82) is 0 Å². The number of nitro groups is 1. The van der Waals surface area contributed by atoms with Gasteiger partial charge in [0.15, 0.2) is 0 Å². The quantitative estimate of drug-likeness (QED) is 0.455. The maximum absolute atomic E-state index is 11.7. The topological polar surface area (TPSA) is 97.2 Å². The van der Waals surface area contributed by atoms with E-state index in [-0.39, 0.29) is 11.6 Å². The third kappa shape index (κ3) is 5.02. The number of aromatic nitrogens is 1. The van der Waals surface area contributed by atoms with Gasteiger partial charge in [-0.15, -0.1) is 0 Å². The second-order valence-electron chi connectivity index (χ2n) is 5.29. The Bertz CT molecular complexity index is 483. The highest BCUT2D eigenvalue weighted by atomic mass is 16.6. The van der Waals surface area contributed by atoms with E-state index in [0.29, 0.717) is 31.2 Å². The van der Waals surface area contributed by atoms with Gasteiger partial charge in [-0.2, -0.15) is 0 Å². The fourth-order valence-corrected chi connectivity index (χ4v) is 2.54. The van der Waals surface area contributed by atoms with Crippen molar-refractivity contribution in [3.63, 3.8) is 0 Å². The minimum Gasteiger partial charge on any atom is -0.368 e. The van der Waals surface area contributed by atoms with Gasteiger partial charge in [-0.1, -0.05) is 12.8 Å². The zero-order valence-corrected chi connectivity index (χ0v) is 11.9. The van der Waals surface area contributed by atoms with Gasteiger partial charge in [-0.25, -0.2) is 4.98 Å². The van der Waals surface area contributed by atoms with E-state index in [1.54, 1.807) is 6.07 Å². The van der Waals surface area contributed by atoms with Crippen molar-refractivity contribution in [2.24, 2.45) is 5.92 Å². The lowest BCUT2D eigenvalue weighted by atomic mass is 10.0. The molecule has 0 atom stereocenters. The van der Waals surface area contributed by atoms with Crippen LogP contribution in [0.4, 0.5) is 11.5 Å². The first kappa shape index (κ1) is 15.2. The molecule has 0 unspecified atom stereocenters. The molecule has 0 radical (unpaired) electrons. The van der Waals surface area contributed by atoms with Crippen LogP contribution in [0.15, 0.2) is 18.3 Å². The lowest BCUT2D eigenvalue weighted by molar-refractivity contribution is -0.385. The van der Waals surface area contributed by atoms with Crippen LogP contribution >= 0.6 is 0 Å². The average Bonchev–Trinajstić information content (AvgIpc) is 2.97. The normalized spacial score (nSPS) is 14.9. The highest BCUT2D eigenvalue weighted by Gasteiger charge is 2.17. The van der Waals surface area contributed by atoms with Crippen LogP contribution in [0.3, 0.4) is 0 Å². The smallest absolute Gasteiger partial charge is 0.287 e. The molecule has 7 nitrogen and oxygen atoms in total. The third-order valence-corrected chi connectivity index (χ3v) is 3.66. The summed E-state index contributed by atoms with van der Waals surface area (Å²) < 4.78 is 0. The SMILES string of the molecule is O=C(CC1CCCC1)NCCNc1ccc([N+](=O)[O-])cn1. The number of pyridine rings is 1. The predicted molar refractivity (Wildman–Crippen MR) is 79.0 cm³/mol. The van der Waals surface area contributed by atoms with Gasteiger partial charge in [0.05, 0.1) is 4.92 Å². The van der Waals surface area contributed by atoms with E-state index in [0.717, 1.165) is 0 Å². The first-order chi connectivity index (χ1) is 10.1. The van der Waals surface area contributed by atoms with Gasteiger partial charge in [0.25, 0.3) is 5.69 Å². The minimum absolute atomic E-state index is 0.0367. The number of carbonyl (C=O) groups is 1. The van der Waals surface area contributed by atoms with Crippen LogP contribution in [0, 0.1) is 16.0 Å². The zero-order valence-electron chi connectivity index (χ0n) is 11.9. The Balaban J connectivity index is 1.62. The van der Waals surface area contributed by atoms with E-state index < -0.39 is 4.92 Å². The molecule has 114 valence electrons. The molecule has 0 spiro atoms. The van der Waals surface area contributed by atoms with E-state index in [2.05, 4.69) is 15.6 Å². The summed E-state index contributed by atoms with van der Waals surface area (Å²) in [5.74, 6) is 1.21. The van der Waals surface area contributed by atoms with Crippen molar-refractivity contribution in [2.75, 3.05) is 18.4 Å². The molecule has 1 saturated carbocycles. The molecule has 0 bridgehead atoms.